The van der Waals surface area contributed by atoms with E-state index in [0.29, 0.717) is 24.7 Å². The summed E-state index contributed by atoms with van der Waals surface area (Å²) < 4.78 is 11.7. The van der Waals surface area contributed by atoms with Gasteiger partial charge < -0.3 is 14.8 Å². The maximum absolute atomic E-state index is 11.4. The fraction of sp³-hybridized carbons (Fsp3) is 0.333. The van der Waals surface area contributed by atoms with Gasteiger partial charge in [-0.25, -0.2) is 10.2 Å². The maximum Gasteiger partial charge on any atom is 0.330 e. The predicted octanol–water partition coefficient (Wildman–Crippen LogP) is 2.43. The average molecular weight is 397 g/mol. The lowest BCUT2D eigenvalue weighted by atomic mass is 10.1. The third kappa shape index (κ3) is 5.61. The number of hydrogen-bond donors (Lipinski definition) is 4. The monoisotopic (exact) mass is 397 g/mol. The Balaban J connectivity index is 1.65. The normalized spacial score (nSPS) is 18.8. The minimum Gasteiger partial charge on any atom is -0.490 e. The van der Waals surface area contributed by atoms with Crippen molar-refractivity contribution in [1.82, 2.24) is 21.6 Å². The highest BCUT2D eigenvalue weighted by Gasteiger charge is 2.23. The van der Waals surface area contributed by atoms with Crippen molar-refractivity contribution in [2.75, 3.05) is 6.61 Å². The minimum atomic E-state index is -0.317. The molecule has 0 saturated carbocycles. The molecule has 0 aliphatic carbocycles. The number of aryl methyl sites for hydroxylation is 1. The number of urea groups is 1. The predicted molar refractivity (Wildman–Crippen MR) is 112 cm³/mol. The standard InChI is InChI=1S/C21H27N5O3/c1-4-28-19-11-16(12-22-25-20-15(3)24-26-21(27)23-20)9-10-18(19)29-13-17-8-6-5-7-14(17)2/h5-12,15,20,24-25H,4,13H2,1-3H3,(H2,23,26,27)/b22-12+. The highest BCUT2D eigenvalue weighted by atomic mass is 16.5. The van der Waals surface area contributed by atoms with Gasteiger partial charge in [-0.15, -0.1) is 0 Å². The first-order chi connectivity index (χ1) is 14.1. The fourth-order valence-electron chi connectivity index (χ4n) is 2.82. The highest BCUT2D eigenvalue weighted by Crippen LogP contribution is 2.29. The molecule has 1 fully saturated rings. The third-order valence-electron chi connectivity index (χ3n) is 4.54. The first-order valence-corrected chi connectivity index (χ1v) is 9.61. The van der Waals surface area contributed by atoms with E-state index in [0.717, 1.165) is 11.1 Å². The number of hydrazone groups is 1. The van der Waals surface area contributed by atoms with Gasteiger partial charge >= 0.3 is 6.03 Å². The van der Waals surface area contributed by atoms with Crippen molar-refractivity contribution < 1.29 is 14.3 Å². The van der Waals surface area contributed by atoms with E-state index in [2.05, 4.69) is 45.8 Å². The minimum absolute atomic E-state index is 0.0268. The van der Waals surface area contributed by atoms with E-state index in [1.54, 1.807) is 6.21 Å². The molecule has 3 rings (SSSR count). The number of hydrogen-bond acceptors (Lipinski definition) is 6. The van der Waals surface area contributed by atoms with E-state index in [9.17, 15) is 4.79 Å². The SMILES string of the molecule is CCOc1cc(/C=N/NC2NC(=O)NNC2C)ccc1OCc1ccccc1C. The van der Waals surface area contributed by atoms with Crippen LogP contribution in [-0.2, 0) is 6.61 Å². The van der Waals surface area contributed by atoms with Crippen molar-refractivity contribution in [2.24, 2.45) is 5.10 Å². The fourth-order valence-corrected chi connectivity index (χ4v) is 2.82. The number of benzene rings is 2. The zero-order chi connectivity index (χ0) is 20.6. The molecule has 8 nitrogen and oxygen atoms in total. The van der Waals surface area contributed by atoms with E-state index < -0.39 is 0 Å². The molecule has 2 atom stereocenters. The molecular formula is C21H27N5O3. The average Bonchev–Trinajstić information content (AvgIpc) is 2.71. The van der Waals surface area contributed by atoms with E-state index in [1.807, 2.05) is 44.2 Å². The first-order valence-electron chi connectivity index (χ1n) is 9.61. The Morgan fingerprint density at radius 3 is 2.79 bits per heavy atom. The summed E-state index contributed by atoms with van der Waals surface area (Å²) in [6.45, 7) is 6.93. The molecule has 1 aliphatic heterocycles. The van der Waals surface area contributed by atoms with Gasteiger partial charge in [-0.05, 0) is 55.7 Å². The van der Waals surface area contributed by atoms with Gasteiger partial charge in [0.05, 0.1) is 18.9 Å². The number of carbonyl (C=O) groups is 1. The number of rotatable bonds is 8. The Morgan fingerprint density at radius 2 is 2.00 bits per heavy atom. The summed E-state index contributed by atoms with van der Waals surface area (Å²) in [7, 11) is 0. The Labute approximate surface area is 170 Å². The van der Waals surface area contributed by atoms with Crippen molar-refractivity contribution in [3.8, 4) is 11.5 Å². The molecule has 2 amide bonds. The molecule has 154 valence electrons. The zero-order valence-corrected chi connectivity index (χ0v) is 16.9. The summed E-state index contributed by atoms with van der Waals surface area (Å²) in [5, 5.41) is 6.98. The Bertz CT molecular complexity index is 871. The van der Waals surface area contributed by atoms with Crippen LogP contribution in [0, 0.1) is 6.92 Å². The zero-order valence-electron chi connectivity index (χ0n) is 16.9. The van der Waals surface area contributed by atoms with Crippen molar-refractivity contribution in [1.29, 1.82) is 0 Å². The quantitative estimate of drug-likeness (QED) is 0.405. The largest absolute Gasteiger partial charge is 0.490 e. The van der Waals surface area contributed by atoms with Crippen LogP contribution < -0.4 is 31.1 Å². The second kappa shape index (κ2) is 9.79. The van der Waals surface area contributed by atoms with E-state index >= 15 is 0 Å². The second-order valence-corrected chi connectivity index (χ2v) is 6.75. The topological polar surface area (TPSA) is 96.0 Å². The van der Waals surface area contributed by atoms with Gasteiger partial charge in [0.2, 0.25) is 0 Å². The number of nitrogens with zero attached hydrogens (tertiary/aromatic N) is 1. The second-order valence-electron chi connectivity index (χ2n) is 6.75. The molecule has 1 heterocycles. The summed E-state index contributed by atoms with van der Waals surface area (Å²) in [4.78, 5) is 11.4. The van der Waals surface area contributed by atoms with Crippen LogP contribution in [-0.4, -0.2) is 31.1 Å². The lowest BCUT2D eigenvalue weighted by Crippen LogP contribution is -2.67. The van der Waals surface area contributed by atoms with Crippen LogP contribution in [0.4, 0.5) is 4.79 Å². The number of ether oxygens (including phenoxy) is 2. The summed E-state index contributed by atoms with van der Waals surface area (Å²) in [6, 6.07) is 13.5. The van der Waals surface area contributed by atoms with Gasteiger partial charge in [0.25, 0.3) is 0 Å². The summed E-state index contributed by atoms with van der Waals surface area (Å²) in [5.74, 6) is 1.35. The lowest BCUT2D eigenvalue weighted by molar-refractivity contribution is 0.202. The van der Waals surface area contributed by atoms with Gasteiger partial charge in [0.15, 0.2) is 11.5 Å². The van der Waals surface area contributed by atoms with E-state index in [4.69, 9.17) is 9.47 Å². The first kappa shape index (κ1) is 20.5. The number of nitrogens with one attached hydrogen (secondary N) is 4. The van der Waals surface area contributed by atoms with Crippen molar-refractivity contribution in [3.05, 3.63) is 59.2 Å². The molecule has 1 aliphatic rings. The van der Waals surface area contributed by atoms with Crippen LogP contribution in [0.25, 0.3) is 0 Å². The van der Waals surface area contributed by atoms with Crippen LogP contribution >= 0.6 is 0 Å². The number of hydrazine groups is 1. The van der Waals surface area contributed by atoms with Crippen LogP contribution in [0.5, 0.6) is 11.5 Å². The molecule has 2 unspecified atom stereocenters. The molecule has 1 saturated heterocycles. The molecule has 8 heteroatoms. The molecule has 0 spiro atoms. The van der Waals surface area contributed by atoms with E-state index in [-0.39, 0.29) is 18.2 Å². The van der Waals surface area contributed by atoms with Crippen LogP contribution in [0.15, 0.2) is 47.6 Å². The van der Waals surface area contributed by atoms with Gasteiger partial charge in [-0.3, -0.25) is 10.9 Å². The van der Waals surface area contributed by atoms with Gasteiger partial charge in [-0.1, -0.05) is 24.3 Å². The summed E-state index contributed by atoms with van der Waals surface area (Å²) in [5.41, 5.74) is 11.5. The van der Waals surface area contributed by atoms with Crippen LogP contribution in [0.2, 0.25) is 0 Å². The molecule has 4 N–H and O–H groups in total. The van der Waals surface area contributed by atoms with Crippen molar-refractivity contribution in [3.63, 3.8) is 0 Å². The number of amides is 2. The van der Waals surface area contributed by atoms with Gasteiger partial charge in [0, 0.05) is 0 Å². The van der Waals surface area contributed by atoms with Crippen molar-refractivity contribution >= 4 is 12.2 Å². The lowest BCUT2D eigenvalue weighted by Gasteiger charge is -2.30. The number of carbonyl (C=O) groups excluding carboxylic acids is 1. The molecule has 29 heavy (non-hydrogen) atoms. The molecule has 0 aromatic heterocycles. The third-order valence-corrected chi connectivity index (χ3v) is 4.54. The summed E-state index contributed by atoms with van der Waals surface area (Å²) in [6.07, 6.45) is 1.36. The Hall–Kier alpha value is -3.26. The molecule has 0 radical (unpaired) electrons. The van der Waals surface area contributed by atoms with Crippen LogP contribution in [0.3, 0.4) is 0 Å². The molecule has 2 aromatic rings. The van der Waals surface area contributed by atoms with Gasteiger partial charge in [-0.2, -0.15) is 5.10 Å². The molecule has 2 aromatic carbocycles. The Kier molecular flexibility index (Phi) is 6.91. The Morgan fingerprint density at radius 1 is 1.17 bits per heavy atom. The maximum atomic E-state index is 11.4. The molecular weight excluding hydrogens is 370 g/mol. The summed E-state index contributed by atoms with van der Waals surface area (Å²) >= 11 is 0. The van der Waals surface area contributed by atoms with Crippen LogP contribution in [0.1, 0.15) is 30.5 Å². The smallest absolute Gasteiger partial charge is 0.330 e. The van der Waals surface area contributed by atoms with Crippen molar-refractivity contribution in [2.45, 2.75) is 39.6 Å². The van der Waals surface area contributed by atoms with Gasteiger partial charge in [0.1, 0.15) is 12.8 Å². The van der Waals surface area contributed by atoms with E-state index in [1.165, 1.54) is 5.56 Å². The highest BCUT2D eigenvalue weighted by molar-refractivity contribution is 5.80. The molecule has 0 bridgehead atoms.